The molecule has 2 nitrogen and oxygen atoms in total. The molecule has 1 unspecified atom stereocenters. The van der Waals surface area contributed by atoms with Gasteiger partial charge >= 0.3 is 6.18 Å². The van der Waals surface area contributed by atoms with Crippen LogP contribution in [0.5, 0.6) is 0 Å². The molecule has 102 valence electrons. The van der Waals surface area contributed by atoms with Crippen molar-refractivity contribution in [3.05, 3.63) is 51.5 Å². The van der Waals surface area contributed by atoms with E-state index in [1.807, 2.05) is 6.92 Å². The maximum Gasteiger partial charge on any atom is 0.416 e. The van der Waals surface area contributed by atoms with Gasteiger partial charge < -0.3 is 5.11 Å². The average molecular weight is 287 g/mol. The molecule has 0 saturated carbocycles. The molecule has 0 saturated heterocycles. The quantitative estimate of drug-likeness (QED) is 0.932. The summed E-state index contributed by atoms with van der Waals surface area (Å²) in [5.41, 5.74) is -0.0223. The molecule has 0 spiro atoms. The molecule has 2 aromatic rings. The third-order valence-corrected chi connectivity index (χ3v) is 3.69. The van der Waals surface area contributed by atoms with Crippen LogP contribution >= 0.6 is 11.3 Å². The molecule has 1 N–H and O–H groups in total. The van der Waals surface area contributed by atoms with E-state index < -0.39 is 17.8 Å². The third-order valence-electron chi connectivity index (χ3n) is 2.68. The summed E-state index contributed by atoms with van der Waals surface area (Å²) < 4.78 is 37.2. The Morgan fingerprint density at radius 2 is 1.89 bits per heavy atom. The first-order valence-electron chi connectivity index (χ1n) is 5.63. The Morgan fingerprint density at radius 3 is 2.37 bits per heavy atom. The summed E-state index contributed by atoms with van der Waals surface area (Å²) in [6, 6.07) is 4.83. The van der Waals surface area contributed by atoms with Crippen LogP contribution in [0, 0.1) is 6.92 Å². The molecule has 19 heavy (non-hydrogen) atoms. The van der Waals surface area contributed by atoms with Gasteiger partial charge in [-0.3, -0.25) is 0 Å². The standard InChI is InChI=1S/C13H12F3NOS/c1-8-17-7-12(19-8)11(18)6-9-2-4-10(5-3-9)13(14,15)16/h2-5,7,11,18H,6H2,1H3. The van der Waals surface area contributed by atoms with E-state index in [9.17, 15) is 18.3 Å². The number of aryl methyl sites for hydroxylation is 1. The summed E-state index contributed by atoms with van der Waals surface area (Å²) in [5, 5.41) is 10.8. The second-order valence-electron chi connectivity index (χ2n) is 4.20. The first kappa shape index (κ1) is 14.0. The van der Waals surface area contributed by atoms with E-state index in [-0.39, 0.29) is 6.42 Å². The maximum absolute atomic E-state index is 12.4. The van der Waals surface area contributed by atoms with E-state index in [1.165, 1.54) is 23.5 Å². The second kappa shape index (κ2) is 5.30. The van der Waals surface area contributed by atoms with Crippen molar-refractivity contribution in [1.82, 2.24) is 4.98 Å². The normalized spacial score (nSPS) is 13.5. The van der Waals surface area contributed by atoms with Crippen LogP contribution in [0.1, 0.15) is 27.1 Å². The van der Waals surface area contributed by atoms with Gasteiger partial charge in [0.15, 0.2) is 0 Å². The largest absolute Gasteiger partial charge is 0.416 e. The Labute approximate surface area is 112 Å². The second-order valence-corrected chi connectivity index (χ2v) is 5.46. The molecule has 0 aliphatic rings. The van der Waals surface area contributed by atoms with Crippen LogP contribution < -0.4 is 0 Å². The number of alkyl halides is 3. The zero-order valence-corrected chi connectivity index (χ0v) is 10.9. The van der Waals surface area contributed by atoms with Crippen LogP contribution in [0.2, 0.25) is 0 Å². The molecular formula is C13H12F3NOS. The summed E-state index contributed by atoms with van der Waals surface area (Å²) in [5.74, 6) is 0. The number of thiazole rings is 1. The minimum atomic E-state index is -4.33. The molecule has 0 fully saturated rings. The zero-order chi connectivity index (χ0) is 14.0. The maximum atomic E-state index is 12.4. The number of hydrogen-bond acceptors (Lipinski definition) is 3. The Hall–Kier alpha value is -1.40. The average Bonchev–Trinajstić information content (AvgIpc) is 2.75. The molecule has 0 aliphatic heterocycles. The van der Waals surface area contributed by atoms with E-state index >= 15 is 0 Å². The summed E-state index contributed by atoms with van der Waals surface area (Å²) in [7, 11) is 0. The molecule has 0 bridgehead atoms. The number of aromatic nitrogens is 1. The summed E-state index contributed by atoms with van der Waals surface area (Å²) in [4.78, 5) is 4.76. The molecule has 1 aromatic carbocycles. The van der Waals surface area contributed by atoms with Crippen molar-refractivity contribution in [1.29, 1.82) is 0 Å². The van der Waals surface area contributed by atoms with Gasteiger partial charge in [-0.15, -0.1) is 11.3 Å². The lowest BCUT2D eigenvalue weighted by molar-refractivity contribution is -0.137. The Balaban J connectivity index is 2.07. The minimum absolute atomic E-state index is 0.278. The Bertz CT molecular complexity index is 548. The first-order valence-corrected chi connectivity index (χ1v) is 6.44. The summed E-state index contributed by atoms with van der Waals surface area (Å²) in [6.45, 7) is 1.83. The Morgan fingerprint density at radius 1 is 1.26 bits per heavy atom. The van der Waals surface area contributed by atoms with Crippen LogP contribution in [0.4, 0.5) is 13.2 Å². The lowest BCUT2D eigenvalue weighted by Gasteiger charge is -2.10. The van der Waals surface area contributed by atoms with Crippen LogP contribution in [0.3, 0.4) is 0 Å². The molecule has 1 heterocycles. The number of nitrogens with zero attached hydrogens (tertiary/aromatic N) is 1. The first-order chi connectivity index (χ1) is 8.86. The van der Waals surface area contributed by atoms with Gasteiger partial charge in [-0.05, 0) is 24.6 Å². The molecular weight excluding hydrogens is 275 g/mol. The smallest absolute Gasteiger partial charge is 0.387 e. The third kappa shape index (κ3) is 3.54. The van der Waals surface area contributed by atoms with Crippen molar-refractivity contribution < 1.29 is 18.3 Å². The number of benzene rings is 1. The molecule has 1 aromatic heterocycles. The fraction of sp³-hybridized carbons (Fsp3) is 0.308. The molecule has 0 aliphatic carbocycles. The number of rotatable bonds is 3. The number of halogens is 3. The summed E-state index contributed by atoms with van der Waals surface area (Å²) in [6.07, 6.45) is -3.19. The van der Waals surface area contributed by atoms with Crippen molar-refractivity contribution in [2.24, 2.45) is 0 Å². The minimum Gasteiger partial charge on any atom is -0.387 e. The monoisotopic (exact) mass is 287 g/mol. The van der Waals surface area contributed by atoms with E-state index in [1.54, 1.807) is 6.20 Å². The van der Waals surface area contributed by atoms with Gasteiger partial charge in [0.05, 0.1) is 21.6 Å². The molecule has 6 heteroatoms. The number of aliphatic hydroxyl groups is 1. The van der Waals surface area contributed by atoms with E-state index in [2.05, 4.69) is 4.98 Å². The SMILES string of the molecule is Cc1ncc(C(O)Cc2ccc(C(F)(F)F)cc2)s1. The van der Waals surface area contributed by atoms with Crippen molar-refractivity contribution in [3.63, 3.8) is 0 Å². The van der Waals surface area contributed by atoms with Crippen molar-refractivity contribution >= 4 is 11.3 Å². The van der Waals surface area contributed by atoms with E-state index in [0.717, 1.165) is 22.0 Å². The van der Waals surface area contributed by atoms with Crippen LogP contribution in [-0.4, -0.2) is 10.1 Å². The van der Waals surface area contributed by atoms with Gasteiger partial charge in [-0.1, -0.05) is 12.1 Å². The van der Waals surface area contributed by atoms with Crippen molar-refractivity contribution in [2.45, 2.75) is 25.6 Å². The molecule has 0 radical (unpaired) electrons. The molecule has 1 atom stereocenters. The van der Waals surface area contributed by atoms with Crippen LogP contribution in [0.15, 0.2) is 30.5 Å². The highest BCUT2D eigenvalue weighted by Gasteiger charge is 2.30. The zero-order valence-electron chi connectivity index (χ0n) is 10.1. The highest BCUT2D eigenvalue weighted by Crippen LogP contribution is 2.30. The van der Waals surface area contributed by atoms with Gasteiger partial charge in [0, 0.05) is 12.6 Å². The van der Waals surface area contributed by atoms with Gasteiger partial charge in [-0.2, -0.15) is 13.2 Å². The topological polar surface area (TPSA) is 33.1 Å². The van der Waals surface area contributed by atoms with Gasteiger partial charge in [0.2, 0.25) is 0 Å². The fourth-order valence-electron chi connectivity index (χ4n) is 1.69. The van der Waals surface area contributed by atoms with Crippen LogP contribution in [0.25, 0.3) is 0 Å². The predicted molar refractivity (Wildman–Crippen MR) is 67.0 cm³/mol. The molecule has 2 rings (SSSR count). The molecule has 0 amide bonds. The lowest BCUT2D eigenvalue weighted by atomic mass is 10.1. The van der Waals surface area contributed by atoms with Gasteiger partial charge in [0.1, 0.15) is 0 Å². The van der Waals surface area contributed by atoms with Crippen LogP contribution in [-0.2, 0) is 12.6 Å². The highest BCUT2D eigenvalue weighted by molar-refractivity contribution is 7.11. The van der Waals surface area contributed by atoms with E-state index in [0.29, 0.717) is 5.56 Å². The Kier molecular flexibility index (Phi) is 3.91. The van der Waals surface area contributed by atoms with Gasteiger partial charge in [-0.25, -0.2) is 4.98 Å². The number of aliphatic hydroxyl groups excluding tert-OH is 1. The van der Waals surface area contributed by atoms with Crippen molar-refractivity contribution in [2.75, 3.05) is 0 Å². The van der Waals surface area contributed by atoms with Crippen molar-refractivity contribution in [3.8, 4) is 0 Å². The predicted octanol–water partition coefficient (Wildman–Crippen LogP) is 3.75. The summed E-state index contributed by atoms with van der Waals surface area (Å²) >= 11 is 1.38. The fourth-order valence-corrected chi connectivity index (χ4v) is 2.46. The lowest BCUT2D eigenvalue weighted by Crippen LogP contribution is -2.05. The van der Waals surface area contributed by atoms with E-state index in [4.69, 9.17) is 0 Å². The number of hydrogen-bond donors (Lipinski definition) is 1. The van der Waals surface area contributed by atoms with Gasteiger partial charge in [0.25, 0.3) is 0 Å². The highest BCUT2D eigenvalue weighted by atomic mass is 32.1.